The number of nitrogens with two attached hydrogens (primary N) is 2. The number of aromatic nitrogens is 1. The average molecular weight is 560 g/mol. The van der Waals surface area contributed by atoms with Crippen LogP contribution in [0.25, 0.3) is 10.9 Å². The number of carbonyl (C=O) groups excluding carboxylic acids is 2. The molecule has 1 aromatic heterocycles. The molecule has 0 saturated carbocycles. The highest BCUT2D eigenvalue weighted by molar-refractivity contribution is 5.84. The van der Waals surface area contributed by atoms with E-state index in [2.05, 4.69) is 59.1 Å². The number of aryl methyl sites for hydroxylation is 1. The lowest BCUT2D eigenvalue weighted by Gasteiger charge is -2.33. The van der Waals surface area contributed by atoms with Gasteiger partial charge in [0.1, 0.15) is 0 Å². The number of nitrogens with one attached hydrogen (secondary N) is 1. The number of fused-ring (bicyclic) bond motifs is 1. The lowest BCUT2D eigenvalue weighted by Crippen LogP contribution is -2.50. The van der Waals surface area contributed by atoms with Gasteiger partial charge in [0, 0.05) is 75.0 Å². The Morgan fingerprint density at radius 3 is 2.45 bits per heavy atom. The fourth-order valence-electron chi connectivity index (χ4n) is 4.95. The van der Waals surface area contributed by atoms with E-state index >= 15 is 0 Å². The summed E-state index contributed by atoms with van der Waals surface area (Å²) in [6, 6.07) is 8.22. The van der Waals surface area contributed by atoms with Crippen molar-refractivity contribution in [2.45, 2.75) is 85.5 Å². The third-order valence-electron chi connectivity index (χ3n) is 7.97. The molecular weight excluding hydrogens is 506 g/mol. The van der Waals surface area contributed by atoms with Crippen LogP contribution in [0.4, 0.5) is 0 Å². The second kappa shape index (κ2) is 15.5. The van der Waals surface area contributed by atoms with E-state index < -0.39 is 29.4 Å². The zero-order valence-corrected chi connectivity index (χ0v) is 25.7. The van der Waals surface area contributed by atoms with E-state index in [1.165, 1.54) is 16.5 Å². The molecule has 0 unspecified atom stereocenters. The fraction of sp³-hybridized carbons (Fsp3) is 0.677. The summed E-state index contributed by atoms with van der Waals surface area (Å²) in [5.74, 6) is -1.10. The predicted molar refractivity (Wildman–Crippen MR) is 162 cm³/mol. The Bertz CT molecular complexity index is 1080. The van der Waals surface area contributed by atoms with Crippen LogP contribution >= 0.6 is 0 Å². The maximum absolute atomic E-state index is 13.0. The van der Waals surface area contributed by atoms with Crippen molar-refractivity contribution in [3.63, 3.8) is 0 Å². The number of methoxy groups -OCH3 is 1. The van der Waals surface area contributed by atoms with Gasteiger partial charge in [-0.3, -0.25) is 14.5 Å². The van der Waals surface area contributed by atoms with E-state index in [0.717, 1.165) is 32.5 Å². The van der Waals surface area contributed by atoms with Gasteiger partial charge in [-0.25, -0.2) is 0 Å². The molecule has 0 aliphatic rings. The molecule has 2 aromatic rings. The second-order valence-electron chi connectivity index (χ2n) is 12.3. The molecule has 2 rings (SSSR count). The lowest BCUT2D eigenvalue weighted by molar-refractivity contribution is -0.130. The number of hydrogen-bond donors (Lipinski definition) is 4. The lowest BCUT2D eigenvalue weighted by atomic mass is 9.86. The number of amides is 2. The quantitative estimate of drug-likeness (QED) is 0.207. The zero-order valence-electron chi connectivity index (χ0n) is 25.7. The maximum atomic E-state index is 13.0. The molecule has 0 spiro atoms. The van der Waals surface area contributed by atoms with Gasteiger partial charge in [-0.2, -0.15) is 0 Å². The summed E-state index contributed by atoms with van der Waals surface area (Å²) in [7, 11) is 1.73. The van der Waals surface area contributed by atoms with Crippen molar-refractivity contribution in [3.8, 4) is 0 Å². The van der Waals surface area contributed by atoms with E-state index in [1.54, 1.807) is 21.0 Å². The molecule has 40 heavy (non-hydrogen) atoms. The van der Waals surface area contributed by atoms with Crippen molar-refractivity contribution in [1.82, 2.24) is 14.8 Å². The minimum absolute atomic E-state index is 0.000878. The number of hydrogen-bond acceptors (Lipinski definition) is 6. The molecule has 9 heteroatoms. The molecule has 2 amide bonds. The highest BCUT2D eigenvalue weighted by Crippen LogP contribution is 2.24. The summed E-state index contributed by atoms with van der Waals surface area (Å²) in [4.78, 5) is 26.9. The third-order valence-corrected chi connectivity index (χ3v) is 7.97. The van der Waals surface area contributed by atoms with Crippen molar-refractivity contribution >= 4 is 22.7 Å². The number of aliphatic hydroxyl groups is 1. The van der Waals surface area contributed by atoms with Gasteiger partial charge in [0.25, 0.3) is 0 Å². The number of benzene rings is 1. The zero-order chi connectivity index (χ0) is 30.0. The van der Waals surface area contributed by atoms with Crippen LogP contribution in [0.5, 0.6) is 0 Å². The molecule has 9 nitrogen and oxygen atoms in total. The molecule has 0 bridgehead atoms. The summed E-state index contributed by atoms with van der Waals surface area (Å²) in [6.45, 7) is 14.7. The number of nitrogens with zero attached hydrogens (tertiary/aromatic N) is 2. The highest BCUT2D eigenvalue weighted by atomic mass is 16.5. The molecule has 0 saturated heterocycles. The number of para-hydroxylation sites is 1. The summed E-state index contributed by atoms with van der Waals surface area (Å²) < 4.78 is 7.54. The Morgan fingerprint density at radius 2 is 1.85 bits per heavy atom. The van der Waals surface area contributed by atoms with Crippen LogP contribution in [-0.2, 0) is 27.3 Å². The van der Waals surface area contributed by atoms with E-state index in [4.69, 9.17) is 16.2 Å². The summed E-state index contributed by atoms with van der Waals surface area (Å²) >= 11 is 0. The molecule has 0 fully saturated rings. The van der Waals surface area contributed by atoms with E-state index in [1.807, 2.05) is 13.8 Å². The maximum Gasteiger partial charge on any atom is 0.224 e. The minimum Gasteiger partial charge on any atom is -0.391 e. The van der Waals surface area contributed by atoms with Crippen LogP contribution in [0.15, 0.2) is 30.5 Å². The number of ether oxygens (including phenoxy) is 1. The summed E-state index contributed by atoms with van der Waals surface area (Å²) in [5, 5.41) is 15.2. The number of aliphatic hydroxyl groups excluding tert-OH is 1. The van der Waals surface area contributed by atoms with Gasteiger partial charge >= 0.3 is 0 Å². The minimum atomic E-state index is -0.847. The number of rotatable bonds is 18. The van der Waals surface area contributed by atoms with Crippen molar-refractivity contribution in [3.05, 3.63) is 36.0 Å². The van der Waals surface area contributed by atoms with Gasteiger partial charge in [0.2, 0.25) is 11.8 Å². The van der Waals surface area contributed by atoms with Crippen LogP contribution in [0.2, 0.25) is 0 Å². The SMILES string of the molecule is COCCCn1cc(CCN(C[C@H](N)[C@@H](O)C[C@H](C(=O)NCC(C)(C)C(N)=O)C(C)C)C(C)C)c2ccccc21. The topological polar surface area (TPSA) is 136 Å². The monoisotopic (exact) mass is 559 g/mol. The first-order chi connectivity index (χ1) is 18.8. The third kappa shape index (κ3) is 9.58. The second-order valence-corrected chi connectivity index (χ2v) is 12.3. The largest absolute Gasteiger partial charge is 0.391 e. The first-order valence-electron chi connectivity index (χ1n) is 14.6. The van der Waals surface area contributed by atoms with Gasteiger partial charge in [-0.15, -0.1) is 0 Å². The summed E-state index contributed by atoms with van der Waals surface area (Å²) in [6.07, 6.45) is 3.48. The van der Waals surface area contributed by atoms with Crippen molar-refractivity contribution in [2.75, 3.05) is 33.4 Å². The molecule has 0 radical (unpaired) electrons. The van der Waals surface area contributed by atoms with Gasteiger partial charge < -0.3 is 31.2 Å². The number of carbonyl (C=O) groups is 2. The van der Waals surface area contributed by atoms with Gasteiger partial charge in [0.05, 0.1) is 11.5 Å². The Labute approximate surface area is 240 Å². The van der Waals surface area contributed by atoms with Crippen molar-refractivity contribution < 1.29 is 19.4 Å². The van der Waals surface area contributed by atoms with Crippen LogP contribution in [0.3, 0.4) is 0 Å². The Hall–Kier alpha value is -2.46. The van der Waals surface area contributed by atoms with Crippen LogP contribution in [0.1, 0.15) is 59.9 Å². The Balaban J connectivity index is 2.03. The molecule has 0 aliphatic carbocycles. The first kappa shape index (κ1) is 33.7. The van der Waals surface area contributed by atoms with E-state index in [-0.39, 0.29) is 30.8 Å². The number of primary amides is 1. The van der Waals surface area contributed by atoms with Crippen LogP contribution in [-0.4, -0.2) is 77.9 Å². The molecule has 1 aromatic carbocycles. The molecule has 0 aliphatic heterocycles. The summed E-state index contributed by atoms with van der Waals surface area (Å²) in [5.41, 5.74) is 13.6. The average Bonchev–Trinajstić information content (AvgIpc) is 3.25. The van der Waals surface area contributed by atoms with Gasteiger partial charge in [-0.1, -0.05) is 32.0 Å². The van der Waals surface area contributed by atoms with Crippen LogP contribution < -0.4 is 16.8 Å². The smallest absolute Gasteiger partial charge is 0.224 e. The van der Waals surface area contributed by atoms with Crippen molar-refractivity contribution in [1.29, 1.82) is 0 Å². The van der Waals surface area contributed by atoms with Crippen molar-refractivity contribution in [2.24, 2.45) is 28.7 Å². The van der Waals surface area contributed by atoms with Crippen LogP contribution in [0, 0.1) is 17.3 Å². The molecular formula is C31H53N5O4. The van der Waals surface area contributed by atoms with E-state index in [0.29, 0.717) is 6.54 Å². The fourth-order valence-corrected chi connectivity index (χ4v) is 4.95. The highest BCUT2D eigenvalue weighted by Gasteiger charge is 2.31. The van der Waals surface area contributed by atoms with Gasteiger partial charge in [0.15, 0.2) is 0 Å². The standard InChI is InChI=1S/C31H53N5O4/c1-21(2)25(29(38)34-20-31(5,6)30(33)39)17-28(37)26(32)19-35(22(3)4)15-13-23-18-36(14-10-16-40-7)27-12-9-8-11-24(23)27/h8-9,11-12,18,21-22,25-26,28,37H,10,13-17,19-20,32H2,1-7H3,(H2,33,39)(H,34,38)/t25-,26-,28-/m0/s1. The molecule has 1 heterocycles. The predicted octanol–water partition coefficient (Wildman–Crippen LogP) is 2.91. The Morgan fingerprint density at radius 1 is 1.18 bits per heavy atom. The first-order valence-corrected chi connectivity index (χ1v) is 14.6. The van der Waals surface area contributed by atoms with E-state index in [9.17, 15) is 14.7 Å². The molecule has 3 atom stereocenters. The Kier molecular flexibility index (Phi) is 13.1. The molecule has 226 valence electrons. The normalized spacial score (nSPS) is 14.7. The molecule has 6 N–H and O–H groups in total. The van der Waals surface area contributed by atoms with Gasteiger partial charge in [-0.05, 0) is 64.5 Å².